The Morgan fingerprint density at radius 1 is 1.43 bits per heavy atom. The third-order valence-corrected chi connectivity index (χ3v) is 4.63. The molecular formula is C17H23N5O. The molecule has 1 aromatic carbocycles. The number of amides is 2. The molecule has 23 heavy (non-hydrogen) atoms. The van der Waals surface area contributed by atoms with Gasteiger partial charge >= 0.3 is 6.03 Å². The fraction of sp³-hybridized carbons (Fsp3) is 0.471. The molecule has 1 atom stereocenters. The van der Waals surface area contributed by atoms with Crippen molar-refractivity contribution < 1.29 is 4.79 Å². The largest absolute Gasteiger partial charge is 0.335 e. The molecule has 1 aliphatic rings. The Labute approximate surface area is 136 Å². The molecule has 2 aromatic rings. The Morgan fingerprint density at radius 3 is 3.00 bits per heavy atom. The summed E-state index contributed by atoms with van der Waals surface area (Å²) in [6.45, 7) is 4.92. The van der Waals surface area contributed by atoms with Crippen LogP contribution in [0.3, 0.4) is 0 Å². The van der Waals surface area contributed by atoms with Gasteiger partial charge in [-0.25, -0.2) is 9.78 Å². The molecule has 6 heteroatoms. The van der Waals surface area contributed by atoms with Crippen LogP contribution in [-0.2, 0) is 6.54 Å². The summed E-state index contributed by atoms with van der Waals surface area (Å²) in [7, 11) is 0. The number of carbonyl (C=O) groups is 1. The van der Waals surface area contributed by atoms with Gasteiger partial charge in [0.2, 0.25) is 0 Å². The quantitative estimate of drug-likeness (QED) is 0.811. The van der Waals surface area contributed by atoms with Crippen molar-refractivity contribution in [1.29, 1.82) is 0 Å². The fourth-order valence-corrected chi connectivity index (χ4v) is 3.16. The highest BCUT2D eigenvalue weighted by atomic mass is 16.2. The van der Waals surface area contributed by atoms with E-state index in [1.54, 1.807) is 0 Å². The average molecular weight is 313 g/mol. The highest BCUT2D eigenvalue weighted by Gasteiger charge is 2.35. The number of rotatable bonds is 4. The molecule has 1 unspecified atom stereocenters. The highest BCUT2D eigenvalue weighted by molar-refractivity contribution is 5.74. The number of nitrogens with zero attached hydrogens (tertiary/aromatic N) is 2. The summed E-state index contributed by atoms with van der Waals surface area (Å²) in [6, 6.07) is 8.05. The van der Waals surface area contributed by atoms with Crippen LogP contribution in [-0.4, -0.2) is 27.3 Å². The maximum Gasteiger partial charge on any atom is 0.315 e. The standard InChI is InChI=1S/C17H23N5O/c1-17(2)8-4-7-14(17)21-16(23)18-10-12-5-3-6-13(9-12)15-19-11-20-22-15/h3,5-6,9,11,14H,4,7-8,10H2,1-2H3,(H2,18,21,23)(H,19,20,22). The normalized spacial score (nSPS) is 19.5. The Hall–Kier alpha value is -2.37. The van der Waals surface area contributed by atoms with Gasteiger partial charge in [-0.15, -0.1) is 0 Å². The number of aromatic amines is 1. The summed E-state index contributed by atoms with van der Waals surface area (Å²) < 4.78 is 0. The lowest BCUT2D eigenvalue weighted by molar-refractivity contribution is 0.222. The fourth-order valence-electron chi connectivity index (χ4n) is 3.16. The Bertz CT molecular complexity index is 665. The van der Waals surface area contributed by atoms with Gasteiger partial charge in [-0.3, -0.25) is 5.10 Å². The van der Waals surface area contributed by atoms with E-state index < -0.39 is 0 Å². The zero-order valence-corrected chi connectivity index (χ0v) is 13.6. The van der Waals surface area contributed by atoms with Crippen LogP contribution in [0.4, 0.5) is 4.79 Å². The molecule has 1 heterocycles. The van der Waals surface area contributed by atoms with Crippen molar-refractivity contribution in [1.82, 2.24) is 25.8 Å². The van der Waals surface area contributed by atoms with Gasteiger partial charge in [-0.05, 0) is 29.9 Å². The first-order valence-electron chi connectivity index (χ1n) is 8.04. The van der Waals surface area contributed by atoms with Gasteiger partial charge in [0, 0.05) is 18.2 Å². The van der Waals surface area contributed by atoms with Crippen LogP contribution in [0.15, 0.2) is 30.6 Å². The molecular weight excluding hydrogens is 290 g/mol. The van der Waals surface area contributed by atoms with Crippen molar-refractivity contribution in [3.05, 3.63) is 36.2 Å². The zero-order chi connectivity index (χ0) is 16.3. The minimum atomic E-state index is -0.102. The summed E-state index contributed by atoms with van der Waals surface area (Å²) >= 11 is 0. The number of hydrogen-bond acceptors (Lipinski definition) is 3. The van der Waals surface area contributed by atoms with Gasteiger partial charge in [-0.1, -0.05) is 38.5 Å². The van der Waals surface area contributed by atoms with E-state index >= 15 is 0 Å². The molecule has 0 spiro atoms. The Kier molecular flexibility index (Phi) is 4.32. The summed E-state index contributed by atoms with van der Waals surface area (Å²) in [6.07, 6.45) is 4.88. The van der Waals surface area contributed by atoms with E-state index in [0.29, 0.717) is 6.54 Å². The van der Waals surface area contributed by atoms with Crippen LogP contribution in [0.2, 0.25) is 0 Å². The number of carbonyl (C=O) groups excluding carboxylic acids is 1. The van der Waals surface area contributed by atoms with Gasteiger partial charge in [0.05, 0.1) is 0 Å². The number of benzene rings is 1. The minimum absolute atomic E-state index is 0.102. The smallest absolute Gasteiger partial charge is 0.315 e. The van der Waals surface area contributed by atoms with Crippen molar-refractivity contribution in [2.24, 2.45) is 5.41 Å². The van der Waals surface area contributed by atoms with Crippen LogP contribution in [0.1, 0.15) is 38.7 Å². The minimum Gasteiger partial charge on any atom is -0.335 e. The topological polar surface area (TPSA) is 82.7 Å². The molecule has 1 aliphatic carbocycles. The lowest BCUT2D eigenvalue weighted by Crippen LogP contribution is -2.46. The number of H-pyrrole nitrogens is 1. The molecule has 6 nitrogen and oxygen atoms in total. The van der Waals surface area contributed by atoms with Crippen molar-refractivity contribution in [3.8, 4) is 11.4 Å². The first-order chi connectivity index (χ1) is 11.0. The average Bonchev–Trinajstić information content (AvgIpc) is 3.16. The van der Waals surface area contributed by atoms with E-state index in [-0.39, 0.29) is 17.5 Å². The number of urea groups is 1. The van der Waals surface area contributed by atoms with E-state index in [9.17, 15) is 4.79 Å². The maximum absolute atomic E-state index is 12.1. The predicted octanol–water partition coefficient (Wildman–Crippen LogP) is 2.85. The van der Waals surface area contributed by atoms with Crippen molar-refractivity contribution in [2.45, 2.75) is 45.7 Å². The van der Waals surface area contributed by atoms with Gasteiger partial charge in [0.15, 0.2) is 5.82 Å². The number of aromatic nitrogens is 3. The molecule has 0 saturated heterocycles. The molecule has 0 aliphatic heterocycles. The summed E-state index contributed by atoms with van der Waals surface area (Å²) in [5.74, 6) is 0.726. The van der Waals surface area contributed by atoms with Crippen LogP contribution in [0.25, 0.3) is 11.4 Å². The molecule has 1 fully saturated rings. The van der Waals surface area contributed by atoms with Crippen LogP contribution in [0.5, 0.6) is 0 Å². The second-order valence-corrected chi connectivity index (χ2v) is 6.79. The molecule has 2 amide bonds. The first-order valence-corrected chi connectivity index (χ1v) is 8.04. The van der Waals surface area contributed by atoms with Crippen molar-refractivity contribution in [3.63, 3.8) is 0 Å². The Balaban J connectivity index is 1.56. The van der Waals surface area contributed by atoms with Gasteiger partial charge < -0.3 is 10.6 Å². The van der Waals surface area contributed by atoms with E-state index in [4.69, 9.17) is 0 Å². The van der Waals surface area contributed by atoms with Gasteiger partial charge in [0.1, 0.15) is 6.33 Å². The molecule has 3 N–H and O–H groups in total. The monoisotopic (exact) mass is 313 g/mol. The third-order valence-electron chi connectivity index (χ3n) is 4.63. The van der Waals surface area contributed by atoms with E-state index in [2.05, 4.69) is 39.7 Å². The van der Waals surface area contributed by atoms with Crippen molar-refractivity contribution >= 4 is 6.03 Å². The first kappa shape index (κ1) is 15.5. The van der Waals surface area contributed by atoms with Crippen molar-refractivity contribution in [2.75, 3.05) is 0 Å². The zero-order valence-electron chi connectivity index (χ0n) is 13.6. The van der Waals surface area contributed by atoms with Gasteiger partial charge in [-0.2, -0.15) is 5.10 Å². The van der Waals surface area contributed by atoms with Crippen LogP contribution in [0, 0.1) is 5.41 Å². The molecule has 1 saturated carbocycles. The third kappa shape index (κ3) is 3.70. The van der Waals surface area contributed by atoms with E-state index in [0.717, 1.165) is 29.8 Å². The van der Waals surface area contributed by atoms with E-state index in [1.807, 2.05) is 24.3 Å². The molecule has 0 radical (unpaired) electrons. The molecule has 3 rings (SSSR count). The SMILES string of the molecule is CC1(C)CCCC1NC(=O)NCc1cccc(-c2ncn[nH]2)c1. The maximum atomic E-state index is 12.1. The number of nitrogens with one attached hydrogen (secondary N) is 3. The second kappa shape index (κ2) is 6.40. The summed E-state index contributed by atoms with van der Waals surface area (Å²) in [4.78, 5) is 16.3. The molecule has 1 aromatic heterocycles. The lowest BCUT2D eigenvalue weighted by atomic mass is 9.87. The summed E-state index contributed by atoms with van der Waals surface area (Å²) in [5, 5.41) is 12.7. The lowest BCUT2D eigenvalue weighted by Gasteiger charge is -2.27. The Morgan fingerprint density at radius 2 is 2.30 bits per heavy atom. The summed E-state index contributed by atoms with van der Waals surface area (Å²) in [5.41, 5.74) is 2.17. The molecule has 0 bridgehead atoms. The molecule has 122 valence electrons. The van der Waals surface area contributed by atoms with Gasteiger partial charge in [0.25, 0.3) is 0 Å². The predicted molar refractivity (Wildman–Crippen MR) is 88.6 cm³/mol. The second-order valence-electron chi connectivity index (χ2n) is 6.79. The highest BCUT2D eigenvalue weighted by Crippen LogP contribution is 2.37. The van der Waals surface area contributed by atoms with E-state index in [1.165, 1.54) is 12.7 Å². The van der Waals surface area contributed by atoms with Crippen LogP contribution < -0.4 is 10.6 Å². The number of hydrogen-bond donors (Lipinski definition) is 3. The van der Waals surface area contributed by atoms with Crippen LogP contribution >= 0.6 is 0 Å².